The van der Waals surface area contributed by atoms with E-state index in [0.29, 0.717) is 24.5 Å². The molecule has 3 rings (SSSR count). The van der Waals surface area contributed by atoms with Crippen molar-refractivity contribution in [3.63, 3.8) is 0 Å². The highest BCUT2D eigenvalue weighted by Gasteiger charge is 2.44. The van der Waals surface area contributed by atoms with E-state index in [1.54, 1.807) is 18.2 Å². The number of rotatable bonds is 1. The smallest absolute Gasteiger partial charge is 0.329 e. The first-order valence-electron chi connectivity index (χ1n) is 5.93. The van der Waals surface area contributed by atoms with Gasteiger partial charge in [0, 0.05) is 0 Å². The molecule has 0 saturated carbocycles. The van der Waals surface area contributed by atoms with Crippen molar-refractivity contribution in [2.24, 2.45) is 5.92 Å². The molecule has 0 aromatic heterocycles. The molecular weight excluding hydrogens is 246 g/mol. The van der Waals surface area contributed by atoms with Crippen LogP contribution >= 0.6 is 0 Å². The Morgan fingerprint density at radius 1 is 1.37 bits per heavy atom. The molecule has 1 N–H and O–H groups in total. The second-order valence-electron chi connectivity index (χ2n) is 4.54. The number of nitriles is 1. The van der Waals surface area contributed by atoms with Gasteiger partial charge in [-0.05, 0) is 18.2 Å². The quantitative estimate of drug-likeness (QED) is 0.799. The summed E-state index contributed by atoms with van der Waals surface area (Å²) in [5, 5.41) is 11.6. The first-order chi connectivity index (χ1) is 9.20. The minimum Gasteiger partial charge on any atom is -0.378 e. The molecule has 0 bridgehead atoms. The van der Waals surface area contributed by atoms with Gasteiger partial charge in [-0.3, -0.25) is 4.79 Å². The summed E-state index contributed by atoms with van der Waals surface area (Å²) in [5.74, 6) is -0.621. The molecule has 0 aliphatic carbocycles. The number of benzene rings is 1. The number of nitrogens with one attached hydrogen (secondary N) is 1. The van der Waals surface area contributed by atoms with Crippen LogP contribution in [-0.4, -0.2) is 31.2 Å². The first-order valence-corrected chi connectivity index (χ1v) is 5.93. The number of imide groups is 1. The van der Waals surface area contributed by atoms with Gasteiger partial charge in [0.1, 0.15) is 0 Å². The van der Waals surface area contributed by atoms with Gasteiger partial charge in [0.15, 0.2) is 0 Å². The fraction of sp³-hybridized carbons (Fsp3) is 0.308. The molecule has 2 saturated heterocycles. The largest absolute Gasteiger partial charge is 0.378 e. The van der Waals surface area contributed by atoms with Crippen molar-refractivity contribution in [3.05, 3.63) is 29.8 Å². The number of fused-ring (bicyclic) bond motifs is 1. The van der Waals surface area contributed by atoms with Crippen molar-refractivity contribution in [1.82, 2.24) is 5.32 Å². The molecule has 6 nitrogen and oxygen atoms in total. The summed E-state index contributed by atoms with van der Waals surface area (Å²) in [6, 6.07) is 7.70. The number of anilines is 1. The number of ether oxygens (including phenoxy) is 1. The Hall–Kier alpha value is -2.39. The molecule has 3 amide bonds. The van der Waals surface area contributed by atoms with Crippen LogP contribution in [0.15, 0.2) is 24.3 Å². The van der Waals surface area contributed by atoms with Crippen molar-refractivity contribution in [2.75, 3.05) is 18.1 Å². The summed E-state index contributed by atoms with van der Waals surface area (Å²) in [6.07, 6.45) is 0. The second kappa shape index (κ2) is 4.37. The van der Waals surface area contributed by atoms with Gasteiger partial charge in [-0.25, -0.2) is 9.69 Å². The number of hydrogen-bond donors (Lipinski definition) is 1. The lowest BCUT2D eigenvalue weighted by Crippen LogP contribution is -2.60. The van der Waals surface area contributed by atoms with Crippen LogP contribution in [0.25, 0.3) is 0 Å². The number of hydrogen-bond acceptors (Lipinski definition) is 4. The normalized spacial score (nSPS) is 25.7. The molecule has 2 heterocycles. The van der Waals surface area contributed by atoms with Gasteiger partial charge in [-0.1, -0.05) is 6.07 Å². The molecule has 2 fully saturated rings. The minimum atomic E-state index is -0.466. The Kier molecular flexibility index (Phi) is 2.69. The van der Waals surface area contributed by atoms with Crippen molar-refractivity contribution in [2.45, 2.75) is 6.04 Å². The number of carbonyl (C=O) groups excluding carboxylic acids is 2. The zero-order chi connectivity index (χ0) is 13.4. The van der Waals surface area contributed by atoms with E-state index in [0.717, 1.165) is 4.90 Å². The minimum absolute atomic E-state index is 0.240. The Bertz CT molecular complexity index is 593. The number of urea groups is 1. The monoisotopic (exact) mass is 257 g/mol. The molecular formula is C13H11N3O3. The summed E-state index contributed by atoms with van der Waals surface area (Å²) in [4.78, 5) is 25.4. The zero-order valence-corrected chi connectivity index (χ0v) is 10.00. The Labute approximate surface area is 109 Å². The fourth-order valence-corrected chi connectivity index (χ4v) is 2.39. The average molecular weight is 257 g/mol. The van der Waals surface area contributed by atoms with E-state index >= 15 is 0 Å². The summed E-state index contributed by atoms with van der Waals surface area (Å²) in [5.41, 5.74) is 0.815. The van der Waals surface area contributed by atoms with Crippen LogP contribution in [-0.2, 0) is 9.53 Å². The summed E-state index contributed by atoms with van der Waals surface area (Å²) in [7, 11) is 0. The molecule has 1 aromatic carbocycles. The van der Waals surface area contributed by atoms with Crippen molar-refractivity contribution in [1.29, 1.82) is 5.26 Å². The SMILES string of the molecule is N#Cc1cccc(N2C(=O)NC3COCC3C2=O)c1. The highest BCUT2D eigenvalue weighted by molar-refractivity contribution is 6.17. The second-order valence-corrected chi connectivity index (χ2v) is 4.54. The Balaban J connectivity index is 1.97. The third kappa shape index (κ3) is 1.84. The van der Waals surface area contributed by atoms with Gasteiger partial charge in [0.2, 0.25) is 5.91 Å². The number of amides is 3. The third-order valence-corrected chi connectivity index (χ3v) is 3.36. The van der Waals surface area contributed by atoms with Crippen LogP contribution in [0.2, 0.25) is 0 Å². The Morgan fingerprint density at radius 3 is 3.00 bits per heavy atom. The van der Waals surface area contributed by atoms with Crippen molar-refractivity contribution < 1.29 is 14.3 Å². The lowest BCUT2D eigenvalue weighted by Gasteiger charge is -2.32. The van der Waals surface area contributed by atoms with Crippen LogP contribution < -0.4 is 10.2 Å². The lowest BCUT2D eigenvalue weighted by molar-refractivity contribution is -0.122. The topological polar surface area (TPSA) is 82.4 Å². The van der Waals surface area contributed by atoms with E-state index in [1.165, 1.54) is 6.07 Å². The highest BCUT2D eigenvalue weighted by Crippen LogP contribution is 2.26. The maximum atomic E-state index is 12.3. The van der Waals surface area contributed by atoms with E-state index < -0.39 is 6.03 Å². The number of carbonyl (C=O) groups is 2. The fourth-order valence-electron chi connectivity index (χ4n) is 2.39. The summed E-state index contributed by atoms with van der Waals surface area (Å²) >= 11 is 0. The van der Waals surface area contributed by atoms with E-state index in [1.807, 2.05) is 6.07 Å². The number of nitrogens with zero attached hydrogens (tertiary/aromatic N) is 2. The highest BCUT2D eigenvalue weighted by atomic mass is 16.5. The molecule has 2 aliphatic rings. The van der Waals surface area contributed by atoms with Gasteiger partial charge < -0.3 is 10.1 Å². The van der Waals surface area contributed by atoms with Crippen molar-refractivity contribution in [3.8, 4) is 6.07 Å². The molecule has 0 spiro atoms. The van der Waals surface area contributed by atoms with E-state index in [2.05, 4.69) is 5.32 Å². The third-order valence-electron chi connectivity index (χ3n) is 3.36. The summed E-state index contributed by atoms with van der Waals surface area (Å²) in [6.45, 7) is 0.687. The van der Waals surface area contributed by atoms with Gasteiger partial charge in [-0.15, -0.1) is 0 Å². The van der Waals surface area contributed by atoms with Gasteiger partial charge in [-0.2, -0.15) is 5.26 Å². The maximum Gasteiger partial charge on any atom is 0.329 e. The molecule has 2 atom stereocenters. The maximum absolute atomic E-state index is 12.3. The van der Waals surface area contributed by atoms with E-state index in [-0.39, 0.29) is 17.9 Å². The van der Waals surface area contributed by atoms with Gasteiger partial charge in [0.05, 0.1) is 42.5 Å². The molecule has 2 aliphatic heterocycles. The van der Waals surface area contributed by atoms with Crippen LogP contribution in [0.4, 0.5) is 10.5 Å². The molecule has 6 heteroatoms. The summed E-state index contributed by atoms with van der Waals surface area (Å²) < 4.78 is 5.22. The van der Waals surface area contributed by atoms with E-state index in [9.17, 15) is 9.59 Å². The van der Waals surface area contributed by atoms with Crippen LogP contribution in [0.5, 0.6) is 0 Å². The molecule has 0 radical (unpaired) electrons. The van der Waals surface area contributed by atoms with Crippen LogP contribution in [0.1, 0.15) is 5.56 Å². The predicted molar refractivity (Wildman–Crippen MR) is 65.3 cm³/mol. The molecule has 19 heavy (non-hydrogen) atoms. The molecule has 2 unspecified atom stereocenters. The van der Waals surface area contributed by atoms with Gasteiger partial charge in [0.25, 0.3) is 0 Å². The van der Waals surface area contributed by atoms with Crippen molar-refractivity contribution >= 4 is 17.6 Å². The molecule has 1 aromatic rings. The zero-order valence-electron chi connectivity index (χ0n) is 10.00. The van der Waals surface area contributed by atoms with Crippen LogP contribution in [0, 0.1) is 17.2 Å². The lowest BCUT2D eigenvalue weighted by atomic mass is 9.99. The average Bonchev–Trinajstić information content (AvgIpc) is 2.87. The molecule has 96 valence electrons. The first kappa shape index (κ1) is 11.7. The predicted octanol–water partition coefficient (Wildman–Crippen LogP) is 0.629. The van der Waals surface area contributed by atoms with E-state index in [4.69, 9.17) is 10.00 Å². The van der Waals surface area contributed by atoms with Gasteiger partial charge >= 0.3 is 6.03 Å². The van der Waals surface area contributed by atoms with Crippen LogP contribution in [0.3, 0.4) is 0 Å². The Morgan fingerprint density at radius 2 is 2.21 bits per heavy atom. The standard InChI is InChI=1S/C13H11N3O3/c14-5-8-2-1-3-9(4-8)16-12(17)10-6-19-7-11(10)15-13(16)18/h1-4,10-11H,6-7H2,(H,15,18).